The normalized spacial score (nSPS) is 21.4. The molecule has 194 valence electrons. The lowest BCUT2D eigenvalue weighted by Crippen LogP contribution is -2.35. The van der Waals surface area contributed by atoms with E-state index in [4.69, 9.17) is 21.1 Å². The van der Waals surface area contributed by atoms with Crippen LogP contribution in [-0.4, -0.2) is 17.2 Å². The molecule has 1 saturated heterocycles. The molecule has 1 N–H and O–H groups in total. The minimum Gasteiger partial charge on any atom is -0.489 e. The summed E-state index contributed by atoms with van der Waals surface area (Å²) < 4.78 is 27.6. The van der Waals surface area contributed by atoms with Crippen molar-refractivity contribution >= 4 is 17.6 Å². The first kappa shape index (κ1) is 26.9. The molecule has 0 aliphatic carbocycles. The van der Waals surface area contributed by atoms with Gasteiger partial charge in [0.15, 0.2) is 0 Å². The van der Waals surface area contributed by atoms with Crippen molar-refractivity contribution in [3.8, 4) is 5.75 Å². The summed E-state index contributed by atoms with van der Waals surface area (Å²) in [5.74, 6) is -0.623. The second-order valence-electron chi connectivity index (χ2n) is 9.76. The van der Waals surface area contributed by atoms with Gasteiger partial charge in [0, 0.05) is 28.8 Å². The van der Waals surface area contributed by atoms with Gasteiger partial charge in [-0.2, -0.15) is 0 Å². The molecule has 4 atom stereocenters. The average Bonchev–Trinajstić information content (AvgIpc) is 2.86. The minimum atomic E-state index is -0.849. The fourth-order valence-electron chi connectivity index (χ4n) is 5.06. The van der Waals surface area contributed by atoms with Crippen LogP contribution in [-0.2, 0) is 22.6 Å². The summed E-state index contributed by atoms with van der Waals surface area (Å²) in [6.07, 6.45) is 0.489. The summed E-state index contributed by atoms with van der Waals surface area (Å²) >= 11 is 6.15. The number of halogens is 2. The minimum absolute atomic E-state index is 0.0311. The number of carbonyl (C=O) groups is 1. The molecule has 1 fully saturated rings. The van der Waals surface area contributed by atoms with Crippen LogP contribution >= 0.6 is 11.6 Å². The van der Waals surface area contributed by atoms with Gasteiger partial charge in [-0.1, -0.05) is 60.2 Å². The maximum Gasteiger partial charge on any atom is 0.303 e. The molecule has 1 heterocycles. The number of rotatable bonds is 9. The molecule has 3 aromatic rings. The van der Waals surface area contributed by atoms with Crippen molar-refractivity contribution < 1.29 is 23.8 Å². The van der Waals surface area contributed by atoms with Gasteiger partial charge in [0.05, 0.1) is 12.2 Å². The lowest BCUT2D eigenvalue weighted by atomic mass is 9.75. The molecule has 37 heavy (non-hydrogen) atoms. The molecule has 0 saturated carbocycles. The van der Waals surface area contributed by atoms with Crippen molar-refractivity contribution in [2.75, 3.05) is 0 Å². The van der Waals surface area contributed by atoms with Gasteiger partial charge in [0.1, 0.15) is 18.2 Å². The lowest BCUT2D eigenvalue weighted by molar-refractivity contribution is -0.136. The predicted molar refractivity (Wildman–Crippen MR) is 144 cm³/mol. The maximum atomic E-state index is 14.7. The van der Waals surface area contributed by atoms with Crippen LogP contribution in [0.3, 0.4) is 0 Å². The van der Waals surface area contributed by atoms with Crippen molar-refractivity contribution in [3.05, 3.63) is 112 Å². The molecule has 0 spiro atoms. The fraction of sp³-hybridized carbons (Fsp3) is 0.323. The Morgan fingerprint density at radius 2 is 1.89 bits per heavy atom. The van der Waals surface area contributed by atoms with E-state index >= 15 is 0 Å². The van der Waals surface area contributed by atoms with Gasteiger partial charge >= 0.3 is 5.97 Å². The molecule has 0 aromatic heterocycles. The van der Waals surface area contributed by atoms with Crippen molar-refractivity contribution in [3.63, 3.8) is 0 Å². The topological polar surface area (TPSA) is 55.8 Å². The van der Waals surface area contributed by atoms with E-state index in [0.29, 0.717) is 35.8 Å². The van der Waals surface area contributed by atoms with Crippen LogP contribution in [0.15, 0.2) is 78.9 Å². The van der Waals surface area contributed by atoms with Crippen LogP contribution in [0.2, 0.25) is 5.02 Å². The van der Waals surface area contributed by atoms with Crippen molar-refractivity contribution in [2.45, 2.75) is 57.8 Å². The van der Waals surface area contributed by atoms with Crippen LogP contribution < -0.4 is 4.74 Å². The highest BCUT2D eigenvalue weighted by Gasteiger charge is 2.40. The zero-order valence-electron chi connectivity index (χ0n) is 21.1. The van der Waals surface area contributed by atoms with Gasteiger partial charge in [-0.05, 0) is 73.7 Å². The number of aryl methyl sites for hydroxylation is 1. The summed E-state index contributed by atoms with van der Waals surface area (Å²) in [5.41, 5.74) is 4.25. The molecular formula is C31H32ClFO4. The van der Waals surface area contributed by atoms with Gasteiger partial charge in [-0.3, -0.25) is 4.79 Å². The number of carboxylic acids is 1. The molecule has 4 nitrogen and oxygen atoms in total. The Morgan fingerprint density at radius 1 is 1.11 bits per heavy atom. The van der Waals surface area contributed by atoms with E-state index in [2.05, 4.69) is 6.58 Å². The van der Waals surface area contributed by atoms with Crippen molar-refractivity contribution in [1.82, 2.24) is 0 Å². The molecule has 1 aliphatic rings. The van der Waals surface area contributed by atoms with Crippen LogP contribution in [0.25, 0.3) is 0 Å². The van der Waals surface area contributed by atoms with E-state index in [9.17, 15) is 14.3 Å². The van der Waals surface area contributed by atoms with Gasteiger partial charge in [0.25, 0.3) is 0 Å². The third kappa shape index (κ3) is 6.60. The molecule has 0 radical (unpaired) electrons. The predicted octanol–water partition coefficient (Wildman–Crippen LogP) is 7.90. The Kier molecular flexibility index (Phi) is 8.67. The van der Waals surface area contributed by atoms with E-state index in [-0.39, 0.29) is 36.3 Å². The Bertz CT molecular complexity index is 1270. The number of benzene rings is 3. The van der Waals surface area contributed by atoms with Crippen molar-refractivity contribution in [1.29, 1.82) is 0 Å². The first-order valence-corrected chi connectivity index (χ1v) is 12.9. The molecule has 1 aliphatic heterocycles. The van der Waals surface area contributed by atoms with Crippen LogP contribution in [0.4, 0.5) is 4.39 Å². The maximum absolute atomic E-state index is 14.7. The second-order valence-corrected chi connectivity index (χ2v) is 10.2. The number of hydrogen-bond donors (Lipinski definition) is 1. The summed E-state index contributed by atoms with van der Waals surface area (Å²) in [7, 11) is 0. The quantitative estimate of drug-likeness (QED) is 0.290. The number of ether oxygens (including phenoxy) is 2. The van der Waals surface area contributed by atoms with E-state index in [0.717, 1.165) is 22.3 Å². The van der Waals surface area contributed by atoms with Gasteiger partial charge in [-0.25, -0.2) is 4.39 Å². The first-order valence-electron chi connectivity index (χ1n) is 12.5. The number of carboxylic acid groups (broad SMARTS) is 1. The molecular weight excluding hydrogens is 491 g/mol. The van der Waals surface area contributed by atoms with Gasteiger partial charge in [0.2, 0.25) is 0 Å². The highest BCUT2D eigenvalue weighted by Crippen LogP contribution is 2.48. The summed E-state index contributed by atoms with van der Waals surface area (Å²) in [6, 6.07) is 20.1. The summed E-state index contributed by atoms with van der Waals surface area (Å²) in [5, 5.41) is 9.82. The Hall–Kier alpha value is -3.15. The third-order valence-corrected chi connectivity index (χ3v) is 7.27. The standard InChI is InChI=1S/C31H32ClFO4/c1-19(2)25-17-26(24-9-4-5-10-28(24)33)20(3)37-31(25)27-16-21(12-14-30(34)35)11-13-29(27)36-18-22-7-6-8-23(32)15-22/h4-11,13,15-16,20,25-26,31H,1,12,14,17-18H2,2-3H3,(H,34,35)/t20-,25-,26+,31+/m1/s1. The molecule has 6 heteroatoms. The van der Waals surface area contributed by atoms with Gasteiger partial charge < -0.3 is 14.6 Å². The Labute approximate surface area is 222 Å². The van der Waals surface area contributed by atoms with E-state index in [1.165, 1.54) is 6.07 Å². The van der Waals surface area contributed by atoms with Gasteiger partial charge in [-0.15, -0.1) is 0 Å². The van der Waals surface area contributed by atoms with E-state index < -0.39 is 5.97 Å². The highest BCUT2D eigenvalue weighted by molar-refractivity contribution is 6.30. The molecule has 4 rings (SSSR count). The summed E-state index contributed by atoms with van der Waals surface area (Å²) in [6.45, 7) is 8.50. The average molecular weight is 523 g/mol. The zero-order chi connectivity index (χ0) is 26.5. The first-order chi connectivity index (χ1) is 17.7. The van der Waals surface area contributed by atoms with E-state index in [1.807, 2.05) is 68.4 Å². The van der Waals surface area contributed by atoms with Crippen molar-refractivity contribution in [2.24, 2.45) is 5.92 Å². The van der Waals surface area contributed by atoms with Crippen LogP contribution in [0, 0.1) is 11.7 Å². The fourth-order valence-corrected chi connectivity index (χ4v) is 5.27. The summed E-state index contributed by atoms with van der Waals surface area (Å²) in [4.78, 5) is 11.2. The van der Waals surface area contributed by atoms with E-state index in [1.54, 1.807) is 6.07 Å². The smallest absolute Gasteiger partial charge is 0.303 e. The third-order valence-electron chi connectivity index (χ3n) is 7.03. The zero-order valence-corrected chi connectivity index (χ0v) is 21.9. The SMILES string of the molecule is C=C(C)[C@H]1C[C@H](c2ccccc2F)[C@@H](C)O[C@@H]1c1cc(CCC(=O)O)ccc1OCc1cccc(Cl)c1. The van der Waals surface area contributed by atoms with Crippen LogP contribution in [0.5, 0.6) is 5.75 Å². The monoisotopic (exact) mass is 522 g/mol. The number of hydrogen-bond acceptors (Lipinski definition) is 3. The highest BCUT2D eigenvalue weighted by atomic mass is 35.5. The Balaban J connectivity index is 1.68. The number of aliphatic carboxylic acids is 1. The Morgan fingerprint density at radius 3 is 2.59 bits per heavy atom. The molecule has 0 unspecified atom stereocenters. The molecule has 0 amide bonds. The second kappa shape index (κ2) is 11.9. The largest absolute Gasteiger partial charge is 0.489 e. The molecule has 0 bridgehead atoms. The lowest BCUT2D eigenvalue weighted by Gasteiger charge is -2.42. The molecule has 3 aromatic carbocycles. The van der Waals surface area contributed by atoms with Crippen LogP contribution in [0.1, 0.15) is 61.0 Å².